The quantitative estimate of drug-likeness (QED) is 0.265. The van der Waals surface area contributed by atoms with E-state index in [9.17, 15) is 19.7 Å². The number of nitrogens with zero attached hydrogens (tertiary/aromatic N) is 4. The van der Waals surface area contributed by atoms with Crippen molar-refractivity contribution in [3.05, 3.63) is 74.6 Å². The number of hydrogen-bond donors (Lipinski definition) is 2. The van der Waals surface area contributed by atoms with E-state index in [1.807, 2.05) is 19.9 Å². The van der Waals surface area contributed by atoms with Crippen LogP contribution in [0.4, 0.5) is 11.4 Å². The first kappa shape index (κ1) is 24.2. The van der Waals surface area contributed by atoms with Crippen LogP contribution in [0, 0.1) is 17.0 Å². The molecule has 0 aliphatic carbocycles. The highest BCUT2D eigenvalue weighted by molar-refractivity contribution is 7.99. The maximum Gasteiger partial charge on any atom is 0.270 e. The molecule has 0 fully saturated rings. The molecule has 0 spiro atoms. The Hall–Kier alpha value is -3.44. The molecule has 0 aliphatic rings. The summed E-state index contributed by atoms with van der Waals surface area (Å²) in [5.41, 5.74) is 1.56. The van der Waals surface area contributed by atoms with Crippen LogP contribution in [0.1, 0.15) is 28.7 Å². The molecule has 2 aromatic carbocycles. The third kappa shape index (κ3) is 6.30. The Morgan fingerprint density at radius 1 is 1.21 bits per heavy atom. The number of anilines is 1. The van der Waals surface area contributed by atoms with Crippen LogP contribution in [0.3, 0.4) is 0 Å². The van der Waals surface area contributed by atoms with E-state index >= 15 is 0 Å². The molecule has 12 heteroatoms. The SMILES string of the molecule is CCn1c(CNC(=O)c2cccc([N+](=O)[O-])c2)nnc1SCC(=O)Nc1cc(Cl)ccc1C. The average Bonchev–Trinajstić information content (AvgIpc) is 3.20. The van der Waals surface area contributed by atoms with Crippen LogP contribution in [0.15, 0.2) is 47.6 Å². The first-order valence-corrected chi connectivity index (χ1v) is 11.3. The Balaban J connectivity index is 1.60. The fourth-order valence-corrected chi connectivity index (χ4v) is 3.93. The maximum atomic E-state index is 12.4. The van der Waals surface area contributed by atoms with Gasteiger partial charge in [0, 0.05) is 35.0 Å². The Labute approximate surface area is 198 Å². The van der Waals surface area contributed by atoms with Crippen molar-refractivity contribution in [3.8, 4) is 0 Å². The van der Waals surface area contributed by atoms with E-state index in [1.165, 1.54) is 36.0 Å². The lowest BCUT2D eigenvalue weighted by atomic mass is 10.2. The molecule has 33 heavy (non-hydrogen) atoms. The van der Waals surface area contributed by atoms with Crippen molar-refractivity contribution in [2.24, 2.45) is 0 Å². The van der Waals surface area contributed by atoms with E-state index in [1.54, 1.807) is 16.7 Å². The summed E-state index contributed by atoms with van der Waals surface area (Å²) in [4.78, 5) is 35.1. The van der Waals surface area contributed by atoms with Gasteiger partial charge in [0.2, 0.25) is 5.91 Å². The van der Waals surface area contributed by atoms with Crippen molar-refractivity contribution in [3.63, 3.8) is 0 Å². The zero-order valence-electron chi connectivity index (χ0n) is 17.9. The molecule has 172 valence electrons. The van der Waals surface area contributed by atoms with Crippen LogP contribution >= 0.6 is 23.4 Å². The first-order valence-electron chi connectivity index (χ1n) is 9.92. The highest BCUT2D eigenvalue weighted by Gasteiger charge is 2.16. The molecule has 1 aromatic heterocycles. The van der Waals surface area contributed by atoms with Crippen molar-refractivity contribution in [2.45, 2.75) is 32.1 Å². The predicted octanol–water partition coefficient (Wildman–Crippen LogP) is 3.83. The second-order valence-electron chi connectivity index (χ2n) is 6.93. The fourth-order valence-electron chi connectivity index (χ4n) is 2.94. The van der Waals surface area contributed by atoms with E-state index in [2.05, 4.69) is 20.8 Å². The number of amides is 2. The van der Waals surface area contributed by atoms with E-state index in [0.717, 1.165) is 5.56 Å². The first-order chi connectivity index (χ1) is 15.8. The summed E-state index contributed by atoms with van der Waals surface area (Å²) in [6.07, 6.45) is 0. The van der Waals surface area contributed by atoms with Crippen LogP contribution in [0.2, 0.25) is 5.02 Å². The zero-order chi connectivity index (χ0) is 24.0. The molecule has 2 N–H and O–H groups in total. The lowest BCUT2D eigenvalue weighted by Gasteiger charge is -2.10. The molecule has 0 aliphatic heterocycles. The van der Waals surface area contributed by atoms with Gasteiger partial charge < -0.3 is 15.2 Å². The fraction of sp³-hybridized carbons (Fsp3) is 0.238. The second kappa shape index (κ2) is 10.9. The minimum absolute atomic E-state index is 0.0802. The molecule has 0 atom stereocenters. The van der Waals surface area contributed by atoms with Crippen LogP contribution in [0.25, 0.3) is 0 Å². The number of aryl methyl sites for hydroxylation is 1. The van der Waals surface area contributed by atoms with Crippen LogP contribution < -0.4 is 10.6 Å². The third-order valence-electron chi connectivity index (χ3n) is 4.64. The molecule has 1 heterocycles. The van der Waals surface area contributed by atoms with Gasteiger partial charge >= 0.3 is 0 Å². The number of carbonyl (C=O) groups excluding carboxylic acids is 2. The van der Waals surface area contributed by atoms with Gasteiger partial charge in [0.1, 0.15) is 0 Å². The summed E-state index contributed by atoms with van der Waals surface area (Å²) >= 11 is 7.21. The topological polar surface area (TPSA) is 132 Å². The van der Waals surface area contributed by atoms with E-state index < -0.39 is 10.8 Å². The lowest BCUT2D eigenvalue weighted by molar-refractivity contribution is -0.384. The third-order valence-corrected chi connectivity index (χ3v) is 5.84. The molecular formula is C21H21ClN6O4S. The number of nitro groups is 1. The number of aromatic nitrogens is 3. The molecule has 0 saturated carbocycles. The molecule has 0 radical (unpaired) electrons. The molecule has 0 bridgehead atoms. The van der Waals surface area contributed by atoms with Gasteiger partial charge in [-0.2, -0.15) is 0 Å². The van der Waals surface area contributed by atoms with Crippen molar-refractivity contribution in [2.75, 3.05) is 11.1 Å². The zero-order valence-corrected chi connectivity index (χ0v) is 19.4. The van der Waals surface area contributed by atoms with Gasteiger partial charge in [-0.3, -0.25) is 19.7 Å². The highest BCUT2D eigenvalue weighted by atomic mass is 35.5. The second-order valence-corrected chi connectivity index (χ2v) is 8.31. The standard InChI is InChI=1S/C21H21ClN6O4S/c1-3-27-18(11-23-20(30)14-5-4-6-16(9-14)28(31)32)25-26-21(27)33-12-19(29)24-17-10-15(22)8-7-13(17)2/h4-10H,3,11-12H2,1-2H3,(H,23,30)(H,24,29). The van der Waals surface area contributed by atoms with Crippen LogP contribution in [-0.2, 0) is 17.9 Å². The van der Waals surface area contributed by atoms with Crippen molar-refractivity contribution in [1.29, 1.82) is 0 Å². The highest BCUT2D eigenvalue weighted by Crippen LogP contribution is 2.22. The Kier molecular flexibility index (Phi) is 8.01. The molecule has 0 unspecified atom stereocenters. The largest absolute Gasteiger partial charge is 0.345 e. The number of benzene rings is 2. The van der Waals surface area contributed by atoms with Crippen molar-refractivity contribution in [1.82, 2.24) is 20.1 Å². The Morgan fingerprint density at radius 3 is 2.73 bits per heavy atom. The summed E-state index contributed by atoms with van der Waals surface area (Å²) in [5.74, 6) is -0.0549. The van der Waals surface area contributed by atoms with Gasteiger partial charge in [0.15, 0.2) is 11.0 Å². The van der Waals surface area contributed by atoms with Gasteiger partial charge in [0.25, 0.3) is 11.6 Å². The Bertz CT molecular complexity index is 1200. The van der Waals surface area contributed by atoms with E-state index in [4.69, 9.17) is 11.6 Å². The van der Waals surface area contributed by atoms with Gasteiger partial charge in [-0.05, 0) is 37.6 Å². The summed E-state index contributed by atoms with van der Waals surface area (Å²) in [6.45, 7) is 4.39. The van der Waals surface area contributed by atoms with Gasteiger partial charge in [-0.1, -0.05) is 35.5 Å². The van der Waals surface area contributed by atoms with Gasteiger partial charge in [-0.25, -0.2) is 0 Å². The minimum Gasteiger partial charge on any atom is -0.345 e. The van der Waals surface area contributed by atoms with Crippen LogP contribution in [-0.4, -0.2) is 37.3 Å². The molecule has 2 amide bonds. The van der Waals surface area contributed by atoms with Gasteiger partial charge in [0.05, 0.1) is 17.2 Å². The normalized spacial score (nSPS) is 10.6. The van der Waals surface area contributed by atoms with Gasteiger partial charge in [-0.15, -0.1) is 10.2 Å². The van der Waals surface area contributed by atoms with Crippen LogP contribution in [0.5, 0.6) is 0 Å². The Morgan fingerprint density at radius 2 is 2.00 bits per heavy atom. The summed E-state index contributed by atoms with van der Waals surface area (Å²) in [5, 5.41) is 25.7. The smallest absolute Gasteiger partial charge is 0.270 e. The number of halogens is 1. The number of nitro benzene ring substituents is 1. The molecule has 3 aromatic rings. The molecule has 10 nitrogen and oxygen atoms in total. The predicted molar refractivity (Wildman–Crippen MR) is 126 cm³/mol. The number of carbonyl (C=O) groups is 2. The van der Waals surface area contributed by atoms with Crippen molar-refractivity contribution < 1.29 is 14.5 Å². The summed E-state index contributed by atoms with van der Waals surface area (Å²) in [7, 11) is 0. The molecule has 3 rings (SSSR count). The minimum atomic E-state index is -0.558. The molecule has 0 saturated heterocycles. The lowest BCUT2D eigenvalue weighted by Crippen LogP contribution is -2.25. The number of non-ortho nitro benzene ring substituents is 1. The van der Waals surface area contributed by atoms with E-state index in [-0.39, 0.29) is 29.5 Å². The van der Waals surface area contributed by atoms with E-state index in [0.29, 0.717) is 28.2 Å². The number of thioether (sulfide) groups is 1. The molecular weight excluding hydrogens is 468 g/mol. The average molecular weight is 489 g/mol. The number of rotatable bonds is 9. The summed E-state index contributed by atoms with van der Waals surface area (Å²) in [6, 6.07) is 10.7. The van der Waals surface area contributed by atoms with Crippen molar-refractivity contribution >= 4 is 46.6 Å². The monoisotopic (exact) mass is 488 g/mol. The summed E-state index contributed by atoms with van der Waals surface area (Å²) < 4.78 is 1.79. The number of nitrogens with one attached hydrogen (secondary N) is 2. The maximum absolute atomic E-state index is 12.4. The number of hydrogen-bond acceptors (Lipinski definition) is 7.